The van der Waals surface area contributed by atoms with Gasteiger partial charge in [0.15, 0.2) is 0 Å². The van der Waals surface area contributed by atoms with Crippen molar-refractivity contribution in [3.8, 4) is 5.75 Å². The Balaban J connectivity index is 2.72. The Labute approximate surface area is 182 Å². The average Bonchev–Trinajstić information content (AvgIpc) is 2.68. The van der Waals surface area contributed by atoms with E-state index in [2.05, 4.69) is 33.9 Å². The topological polar surface area (TPSA) is 194 Å². The number of carboxylic acids is 2. The van der Waals surface area contributed by atoms with E-state index in [0.717, 1.165) is 0 Å². The third kappa shape index (κ3) is 9.25. The third-order valence-corrected chi connectivity index (χ3v) is 4.22. The number of hydrogen-bond acceptors (Lipinski definition) is 8. The van der Waals surface area contributed by atoms with Crippen LogP contribution in [0, 0.1) is 0 Å². The van der Waals surface area contributed by atoms with Crippen LogP contribution >= 0.6 is 12.6 Å². The monoisotopic (exact) mass is 456 g/mol. The smallest absolute Gasteiger partial charge is 0.326 e. The molecule has 0 saturated carbocycles. The van der Waals surface area contributed by atoms with Gasteiger partial charge in [-0.3, -0.25) is 19.2 Å². The Morgan fingerprint density at radius 1 is 1.10 bits per heavy atom. The van der Waals surface area contributed by atoms with Crippen LogP contribution in [0.25, 0.3) is 0 Å². The molecule has 0 aliphatic heterocycles. The molecule has 0 aliphatic rings. The number of carbonyl (C=O) groups is 5. The van der Waals surface area contributed by atoms with E-state index in [1.165, 1.54) is 25.1 Å². The highest BCUT2D eigenvalue weighted by atomic mass is 32.1. The SMILES string of the molecule is CC(=O)Nc1ccc(O)c(N[C@@H](CCC(=O)N[C@@H](CS)C(=O)NCC(=O)O)C(=O)O)c1. The van der Waals surface area contributed by atoms with E-state index in [4.69, 9.17) is 5.11 Å². The van der Waals surface area contributed by atoms with Crippen LogP contribution in [0.3, 0.4) is 0 Å². The molecule has 0 saturated heterocycles. The van der Waals surface area contributed by atoms with Crippen molar-refractivity contribution in [1.29, 1.82) is 0 Å². The van der Waals surface area contributed by atoms with Crippen LogP contribution in [0.4, 0.5) is 11.4 Å². The summed E-state index contributed by atoms with van der Waals surface area (Å²) in [4.78, 5) is 57.2. The summed E-state index contributed by atoms with van der Waals surface area (Å²) in [6, 6.07) is 1.69. The summed E-state index contributed by atoms with van der Waals surface area (Å²) in [5, 5.41) is 37.5. The maximum absolute atomic E-state index is 12.1. The predicted molar refractivity (Wildman–Crippen MR) is 113 cm³/mol. The summed E-state index contributed by atoms with van der Waals surface area (Å²) in [6.07, 6.45) is -0.479. The van der Waals surface area contributed by atoms with E-state index >= 15 is 0 Å². The first kappa shape index (κ1) is 25.6. The minimum absolute atomic E-state index is 0.0420. The number of aliphatic carboxylic acids is 2. The van der Waals surface area contributed by atoms with Gasteiger partial charge in [0.05, 0.1) is 5.69 Å². The van der Waals surface area contributed by atoms with Crippen molar-refractivity contribution in [2.45, 2.75) is 31.8 Å². The number of benzene rings is 1. The number of carboxylic acid groups (broad SMARTS) is 2. The second-order valence-corrected chi connectivity index (χ2v) is 6.77. The largest absolute Gasteiger partial charge is 0.506 e. The van der Waals surface area contributed by atoms with Crippen molar-refractivity contribution in [2.24, 2.45) is 0 Å². The molecule has 12 nitrogen and oxygen atoms in total. The van der Waals surface area contributed by atoms with Crippen LogP contribution in [0.2, 0.25) is 0 Å². The lowest BCUT2D eigenvalue weighted by molar-refractivity contribution is -0.138. The highest BCUT2D eigenvalue weighted by molar-refractivity contribution is 7.80. The number of amides is 3. The number of rotatable bonds is 12. The fourth-order valence-electron chi connectivity index (χ4n) is 2.40. The molecule has 0 aromatic heterocycles. The Bertz CT molecular complexity index is 848. The van der Waals surface area contributed by atoms with E-state index in [-0.39, 0.29) is 35.9 Å². The molecule has 2 atom stereocenters. The number of phenols is 1. The van der Waals surface area contributed by atoms with E-state index in [1.807, 2.05) is 0 Å². The molecule has 31 heavy (non-hydrogen) atoms. The zero-order valence-corrected chi connectivity index (χ0v) is 17.4. The van der Waals surface area contributed by atoms with Crippen molar-refractivity contribution in [1.82, 2.24) is 10.6 Å². The fraction of sp³-hybridized carbons (Fsp3) is 0.389. The lowest BCUT2D eigenvalue weighted by Crippen LogP contribution is -2.49. The number of aromatic hydroxyl groups is 1. The van der Waals surface area contributed by atoms with Gasteiger partial charge in [-0.1, -0.05) is 0 Å². The molecule has 0 spiro atoms. The van der Waals surface area contributed by atoms with E-state index in [9.17, 15) is 34.2 Å². The summed E-state index contributed by atoms with van der Waals surface area (Å²) >= 11 is 3.94. The van der Waals surface area contributed by atoms with Gasteiger partial charge in [-0.15, -0.1) is 0 Å². The maximum atomic E-state index is 12.1. The maximum Gasteiger partial charge on any atom is 0.326 e. The molecule has 7 N–H and O–H groups in total. The molecule has 0 radical (unpaired) electrons. The van der Waals surface area contributed by atoms with Gasteiger partial charge in [-0.25, -0.2) is 4.79 Å². The number of thiol groups is 1. The van der Waals surface area contributed by atoms with Crippen molar-refractivity contribution >= 4 is 53.7 Å². The zero-order chi connectivity index (χ0) is 23.6. The minimum Gasteiger partial charge on any atom is -0.506 e. The highest BCUT2D eigenvalue weighted by Crippen LogP contribution is 2.28. The Morgan fingerprint density at radius 2 is 1.77 bits per heavy atom. The van der Waals surface area contributed by atoms with E-state index in [0.29, 0.717) is 5.69 Å². The molecule has 0 bridgehead atoms. The van der Waals surface area contributed by atoms with Gasteiger partial charge in [-0.2, -0.15) is 12.6 Å². The minimum atomic E-state index is -1.29. The first-order valence-corrected chi connectivity index (χ1v) is 9.66. The standard InChI is InChI=1S/C18H24N4O8S/c1-9(23)20-10-2-4-14(24)12(6-10)21-11(18(29)30)3-5-15(25)22-13(8-31)17(28)19-7-16(26)27/h2,4,6,11,13,21,24,31H,3,5,7-8H2,1H3,(H,19,28)(H,20,23)(H,22,25)(H,26,27)(H,29,30)/t11-,13-/m0/s1. The third-order valence-electron chi connectivity index (χ3n) is 3.85. The fourth-order valence-corrected chi connectivity index (χ4v) is 2.66. The van der Waals surface area contributed by atoms with Crippen molar-refractivity contribution < 1.29 is 39.3 Å². The second-order valence-electron chi connectivity index (χ2n) is 6.40. The molecular formula is C18H24N4O8S. The molecule has 1 rings (SSSR count). The Kier molecular flexibility index (Phi) is 10.1. The first-order chi connectivity index (χ1) is 14.5. The predicted octanol–water partition coefficient (Wildman–Crippen LogP) is -0.389. The molecule has 13 heteroatoms. The zero-order valence-electron chi connectivity index (χ0n) is 16.5. The normalized spacial score (nSPS) is 12.2. The van der Waals surface area contributed by atoms with Crippen molar-refractivity contribution in [3.05, 3.63) is 18.2 Å². The van der Waals surface area contributed by atoms with Crippen LogP contribution in [0.1, 0.15) is 19.8 Å². The van der Waals surface area contributed by atoms with Crippen molar-refractivity contribution in [2.75, 3.05) is 22.9 Å². The van der Waals surface area contributed by atoms with Crippen LogP contribution < -0.4 is 21.3 Å². The van der Waals surface area contributed by atoms with Gasteiger partial charge >= 0.3 is 11.9 Å². The van der Waals surface area contributed by atoms with E-state index < -0.39 is 42.4 Å². The quantitative estimate of drug-likeness (QED) is 0.117. The lowest BCUT2D eigenvalue weighted by atomic mass is 10.1. The second kappa shape index (κ2) is 12.3. The Morgan fingerprint density at radius 3 is 2.32 bits per heavy atom. The molecule has 3 amide bonds. The van der Waals surface area contributed by atoms with Gasteiger partial charge in [0.25, 0.3) is 0 Å². The molecule has 1 aromatic rings. The summed E-state index contributed by atoms with van der Waals surface area (Å²) in [5.41, 5.74) is 0.374. The number of phenolic OH excluding ortho intramolecular Hbond substituents is 1. The summed E-state index contributed by atoms with van der Waals surface area (Å²) in [7, 11) is 0. The van der Waals surface area contributed by atoms with Crippen LogP contribution in [-0.4, -0.2) is 69.4 Å². The van der Waals surface area contributed by atoms with Crippen LogP contribution in [-0.2, 0) is 24.0 Å². The van der Waals surface area contributed by atoms with Crippen LogP contribution in [0.5, 0.6) is 5.75 Å². The van der Waals surface area contributed by atoms with Gasteiger partial charge in [0.2, 0.25) is 17.7 Å². The van der Waals surface area contributed by atoms with E-state index in [1.54, 1.807) is 0 Å². The summed E-state index contributed by atoms with van der Waals surface area (Å²) in [6.45, 7) is 0.670. The molecule has 1 aromatic carbocycles. The number of hydrogen-bond donors (Lipinski definition) is 8. The average molecular weight is 456 g/mol. The summed E-state index contributed by atoms with van der Waals surface area (Å²) < 4.78 is 0. The number of nitrogens with one attached hydrogen (secondary N) is 4. The molecule has 0 aliphatic carbocycles. The molecule has 0 heterocycles. The van der Waals surface area contributed by atoms with Crippen LogP contribution in [0.15, 0.2) is 18.2 Å². The number of carbonyl (C=O) groups excluding carboxylic acids is 3. The van der Waals surface area contributed by atoms with Gasteiger partial charge in [0, 0.05) is 24.8 Å². The molecule has 0 fully saturated rings. The van der Waals surface area contributed by atoms with Gasteiger partial charge < -0.3 is 36.6 Å². The molecule has 0 unspecified atom stereocenters. The first-order valence-electron chi connectivity index (χ1n) is 9.03. The van der Waals surface area contributed by atoms with Gasteiger partial charge in [0.1, 0.15) is 24.4 Å². The highest BCUT2D eigenvalue weighted by Gasteiger charge is 2.23. The number of anilines is 2. The van der Waals surface area contributed by atoms with Crippen molar-refractivity contribution in [3.63, 3.8) is 0 Å². The Hall–Kier alpha value is -3.48. The molecule has 170 valence electrons. The lowest BCUT2D eigenvalue weighted by Gasteiger charge is -2.19. The van der Waals surface area contributed by atoms with Gasteiger partial charge in [-0.05, 0) is 24.6 Å². The summed E-state index contributed by atoms with van der Waals surface area (Å²) in [5.74, 6) is -4.63. The molecular weight excluding hydrogens is 432 g/mol.